The second-order valence-electron chi connectivity index (χ2n) is 7.84. The van der Waals surface area contributed by atoms with Crippen LogP contribution in [0.4, 0.5) is 11.4 Å². The van der Waals surface area contributed by atoms with Crippen molar-refractivity contribution < 1.29 is 14.3 Å². The van der Waals surface area contributed by atoms with Gasteiger partial charge in [-0.05, 0) is 42.8 Å². The number of benzene rings is 2. The molecule has 2 heterocycles. The number of carbonyl (C=O) groups is 2. The Morgan fingerprint density at radius 3 is 2.27 bits per heavy atom. The Morgan fingerprint density at radius 2 is 1.60 bits per heavy atom. The molecule has 0 radical (unpaired) electrons. The maximum absolute atomic E-state index is 13.1. The average molecular weight is 408 g/mol. The summed E-state index contributed by atoms with van der Waals surface area (Å²) in [7, 11) is 0. The number of hydrogen-bond acceptors (Lipinski definition) is 5. The van der Waals surface area contributed by atoms with Crippen molar-refractivity contribution in [2.45, 2.75) is 32.2 Å². The van der Waals surface area contributed by atoms with Gasteiger partial charge in [0.25, 0.3) is 5.91 Å². The zero-order valence-electron chi connectivity index (χ0n) is 17.5. The van der Waals surface area contributed by atoms with Gasteiger partial charge in [0.15, 0.2) is 0 Å². The van der Waals surface area contributed by atoms with Crippen LogP contribution >= 0.6 is 0 Å². The van der Waals surface area contributed by atoms with Crippen LogP contribution in [0, 0.1) is 0 Å². The highest BCUT2D eigenvalue weighted by molar-refractivity contribution is 6.22. The van der Waals surface area contributed by atoms with Gasteiger partial charge >= 0.3 is 0 Å². The lowest BCUT2D eigenvalue weighted by atomic mass is 10.1. The SMILES string of the molecule is CCCCOc1ccc(N2C(=O)CC(N3CCN(c4ccccc4)CC3)C2=O)cc1. The van der Waals surface area contributed by atoms with Crippen LogP contribution in [-0.4, -0.2) is 55.5 Å². The minimum absolute atomic E-state index is 0.118. The Labute approximate surface area is 178 Å². The Hall–Kier alpha value is -2.86. The van der Waals surface area contributed by atoms with Gasteiger partial charge in [-0.2, -0.15) is 0 Å². The molecule has 1 unspecified atom stereocenters. The maximum Gasteiger partial charge on any atom is 0.251 e. The molecule has 1 atom stereocenters. The summed E-state index contributed by atoms with van der Waals surface area (Å²) in [5.41, 5.74) is 1.83. The van der Waals surface area contributed by atoms with Crippen LogP contribution in [0.25, 0.3) is 0 Å². The second-order valence-corrected chi connectivity index (χ2v) is 7.84. The molecule has 2 aliphatic rings. The van der Waals surface area contributed by atoms with Crippen molar-refractivity contribution in [2.75, 3.05) is 42.6 Å². The minimum Gasteiger partial charge on any atom is -0.494 e. The van der Waals surface area contributed by atoms with Crippen molar-refractivity contribution in [3.63, 3.8) is 0 Å². The Kier molecular flexibility index (Phi) is 6.33. The fourth-order valence-electron chi connectivity index (χ4n) is 4.13. The van der Waals surface area contributed by atoms with Crippen LogP contribution in [0.1, 0.15) is 26.2 Å². The van der Waals surface area contributed by atoms with Crippen molar-refractivity contribution in [3.05, 3.63) is 54.6 Å². The number of ether oxygens (including phenoxy) is 1. The Morgan fingerprint density at radius 1 is 0.900 bits per heavy atom. The number of piperazine rings is 1. The number of carbonyl (C=O) groups excluding carboxylic acids is 2. The van der Waals surface area contributed by atoms with Gasteiger partial charge in [0.1, 0.15) is 5.75 Å². The second kappa shape index (κ2) is 9.30. The number of amides is 2. The van der Waals surface area contributed by atoms with Gasteiger partial charge in [0.05, 0.1) is 24.8 Å². The largest absolute Gasteiger partial charge is 0.494 e. The van der Waals surface area contributed by atoms with Gasteiger partial charge in [0.2, 0.25) is 5.91 Å². The van der Waals surface area contributed by atoms with E-state index in [1.54, 1.807) is 12.1 Å². The third kappa shape index (κ3) is 4.33. The van der Waals surface area contributed by atoms with E-state index in [4.69, 9.17) is 4.74 Å². The molecule has 2 aliphatic heterocycles. The van der Waals surface area contributed by atoms with E-state index >= 15 is 0 Å². The number of imide groups is 1. The lowest BCUT2D eigenvalue weighted by Crippen LogP contribution is -2.52. The summed E-state index contributed by atoms with van der Waals surface area (Å²) < 4.78 is 5.68. The molecule has 0 bridgehead atoms. The van der Waals surface area contributed by atoms with E-state index in [9.17, 15) is 9.59 Å². The highest BCUT2D eigenvalue weighted by Gasteiger charge is 2.43. The van der Waals surface area contributed by atoms with Crippen LogP contribution in [0.15, 0.2) is 54.6 Å². The van der Waals surface area contributed by atoms with Crippen LogP contribution in [0.2, 0.25) is 0 Å². The number of nitrogens with zero attached hydrogens (tertiary/aromatic N) is 3. The monoisotopic (exact) mass is 407 g/mol. The summed E-state index contributed by atoms with van der Waals surface area (Å²) >= 11 is 0. The highest BCUT2D eigenvalue weighted by atomic mass is 16.5. The van der Waals surface area contributed by atoms with E-state index in [1.165, 1.54) is 10.6 Å². The summed E-state index contributed by atoms with van der Waals surface area (Å²) in [5.74, 6) is 0.517. The molecule has 2 aromatic carbocycles. The van der Waals surface area contributed by atoms with Crippen molar-refractivity contribution in [2.24, 2.45) is 0 Å². The average Bonchev–Trinajstić information content (AvgIpc) is 3.09. The normalized spacial score (nSPS) is 20.1. The van der Waals surface area contributed by atoms with Crippen molar-refractivity contribution in [3.8, 4) is 5.75 Å². The number of rotatable bonds is 7. The third-order valence-electron chi connectivity index (χ3n) is 5.86. The first-order chi connectivity index (χ1) is 14.7. The molecule has 0 saturated carbocycles. The summed E-state index contributed by atoms with van der Waals surface area (Å²) in [4.78, 5) is 31.6. The number of hydrogen-bond donors (Lipinski definition) is 0. The van der Waals surface area contributed by atoms with Crippen molar-refractivity contribution in [1.29, 1.82) is 0 Å². The van der Waals surface area contributed by atoms with E-state index in [2.05, 4.69) is 28.9 Å². The van der Waals surface area contributed by atoms with E-state index < -0.39 is 0 Å². The molecule has 2 saturated heterocycles. The highest BCUT2D eigenvalue weighted by Crippen LogP contribution is 2.28. The smallest absolute Gasteiger partial charge is 0.251 e. The molecule has 0 N–H and O–H groups in total. The number of unbranched alkanes of at least 4 members (excludes halogenated alkanes) is 1. The summed E-state index contributed by atoms with van der Waals surface area (Å²) in [6.45, 7) is 6.05. The topological polar surface area (TPSA) is 53.1 Å². The van der Waals surface area contributed by atoms with Crippen molar-refractivity contribution in [1.82, 2.24) is 4.90 Å². The molecular formula is C24H29N3O3. The van der Waals surface area contributed by atoms with E-state index in [-0.39, 0.29) is 24.3 Å². The first-order valence-corrected chi connectivity index (χ1v) is 10.8. The zero-order chi connectivity index (χ0) is 20.9. The molecule has 6 nitrogen and oxygen atoms in total. The van der Waals surface area contributed by atoms with Crippen LogP contribution in [0.5, 0.6) is 5.75 Å². The van der Waals surface area contributed by atoms with Gasteiger partial charge in [0, 0.05) is 31.9 Å². The van der Waals surface area contributed by atoms with Crippen LogP contribution < -0.4 is 14.5 Å². The fourth-order valence-corrected chi connectivity index (χ4v) is 4.13. The first-order valence-electron chi connectivity index (χ1n) is 10.8. The van der Waals surface area contributed by atoms with Gasteiger partial charge in [-0.3, -0.25) is 14.5 Å². The summed E-state index contributed by atoms with van der Waals surface area (Å²) in [6, 6.07) is 17.2. The lowest BCUT2D eigenvalue weighted by Gasteiger charge is -2.38. The van der Waals surface area contributed by atoms with Crippen molar-refractivity contribution >= 4 is 23.2 Å². The van der Waals surface area contributed by atoms with Gasteiger partial charge < -0.3 is 9.64 Å². The lowest BCUT2D eigenvalue weighted by molar-refractivity contribution is -0.123. The van der Waals surface area contributed by atoms with Gasteiger partial charge in [-0.15, -0.1) is 0 Å². The molecule has 0 aliphatic carbocycles. The molecular weight excluding hydrogens is 378 g/mol. The van der Waals surface area contributed by atoms with E-state index in [0.29, 0.717) is 12.3 Å². The zero-order valence-corrected chi connectivity index (χ0v) is 17.5. The quantitative estimate of drug-likeness (QED) is 0.521. The van der Waals surface area contributed by atoms with Gasteiger partial charge in [-0.1, -0.05) is 31.5 Å². The van der Waals surface area contributed by atoms with E-state index in [1.807, 2.05) is 30.3 Å². The molecule has 0 spiro atoms. The van der Waals surface area contributed by atoms with E-state index in [0.717, 1.165) is 44.8 Å². The maximum atomic E-state index is 13.1. The third-order valence-corrected chi connectivity index (χ3v) is 5.86. The molecule has 2 amide bonds. The number of para-hydroxylation sites is 1. The van der Waals surface area contributed by atoms with Crippen LogP contribution in [0.3, 0.4) is 0 Å². The first kappa shape index (κ1) is 20.4. The molecule has 30 heavy (non-hydrogen) atoms. The molecule has 158 valence electrons. The molecule has 0 aromatic heterocycles. The molecule has 4 rings (SSSR count). The fraction of sp³-hybridized carbons (Fsp3) is 0.417. The van der Waals surface area contributed by atoms with Crippen LogP contribution in [-0.2, 0) is 9.59 Å². The Bertz CT molecular complexity index is 861. The molecule has 2 aromatic rings. The van der Waals surface area contributed by atoms with Gasteiger partial charge in [-0.25, -0.2) is 4.90 Å². The Balaban J connectivity index is 1.37. The molecule has 6 heteroatoms. The predicted octanol–water partition coefficient (Wildman–Crippen LogP) is 3.32. The predicted molar refractivity (Wildman–Crippen MR) is 118 cm³/mol. The number of anilines is 2. The molecule has 2 fully saturated rings. The summed E-state index contributed by atoms with van der Waals surface area (Å²) in [6.07, 6.45) is 2.33. The minimum atomic E-state index is -0.365. The standard InChI is InChI=1S/C24H29N3O3/c1-2-3-17-30-21-11-9-20(10-12-21)27-23(28)18-22(24(27)29)26-15-13-25(14-16-26)19-7-5-4-6-8-19/h4-12,22H,2-3,13-18H2,1H3. The summed E-state index contributed by atoms with van der Waals surface area (Å²) in [5, 5.41) is 0.